The topological polar surface area (TPSA) is 52.7 Å². The normalized spacial score (nSPS) is 15.6. The lowest BCUT2D eigenvalue weighted by Crippen LogP contribution is -2.51. The van der Waals surface area contributed by atoms with Crippen molar-refractivity contribution >= 4 is 23.2 Å². The van der Waals surface area contributed by atoms with E-state index in [1.165, 1.54) is 4.88 Å². The first kappa shape index (κ1) is 17.9. The number of nitrogens with zero attached hydrogens (tertiary/aromatic N) is 2. The smallest absolute Gasteiger partial charge is 0.234 e. The summed E-state index contributed by atoms with van der Waals surface area (Å²) in [5.74, 6) is 0.333. The number of aryl methyl sites for hydroxylation is 1. The average Bonchev–Trinajstić information content (AvgIpc) is 3.07. The molecule has 1 aliphatic rings. The van der Waals surface area contributed by atoms with Crippen molar-refractivity contribution in [3.05, 3.63) is 22.4 Å². The number of hydrogen-bond donors (Lipinski definition) is 1. The van der Waals surface area contributed by atoms with Crippen LogP contribution in [-0.4, -0.2) is 60.9 Å². The van der Waals surface area contributed by atoms with E-state index in [0.29, 0.717) is 13.0 Å². The lowest BCUT2D eigenvalue weighted by Gasteiger charge is -2.34. The SMILES string of the molecule is CCCNC(=O)CN1CCN(C(=O)CCCc2cccs2)CC1. The van der Waals surface area contributed by atoms with Crippen LogP contribution in [0.2, 0.25) is 0 Å². The van der Waals surface area contributed by atoms with E-state index in [1.807, 2.05) is 11.8 Å². The maximum absolute atomic E-state index is 12.2. The number of carbonyl (C=O) groups is 2. The van der Waals surface area contributed by atoms with Crippen LogP contribution in [0.5, 0.6) is 0 Å². The summed E-state index contributed by atoms with van der Waals surface area (Å²) in [5, 5.41) is 4.97. The van der Waals surface area contributed by atoms with Gasteiger partial charge in [0.2, 0.25) is 11.8 Å². The molecule has 1 aliphatic heterocycles. The number of piperazine rings is 1. The highest BCUT2D eigenvalue weighted by Crippen LogP contribution is 2.13. The third-order valence-corrected chi connectivity index (χ3v) is 4.99. The summed E-state index contributed by atoms with van der Waals surface area (Å²) < 4.78 is 0. The van der Waals surface area contributed by atoms with Crippen molar-refractivity contribution in [3.8, 4) is 0 Å². The van der Waals surface area contributed by atoms with Crippen LogP contribution in [0.15, 0.2) is 17.5 Å². The number of rotatable bonds is 8. The molecule has 1 saturated heterocycles. The van der Waals surface area contributed by atoms with Gasteiger partial charge < -0.3 is 10.2 Å². The number of thiophene rings is 1. The second kappa shape index (κ2) is 9.67. The zero-order valence-electron chi connectivity index (χ0n) is 13.9. The largest absolute Gasteiger partial charge is 0.355 e. The first-order valence-electron chi connectivity index (χ1n) is 8.48. The Morgan fingerprint density at radius 1 is 1.26 bits per heavy atom. The Balaban J connectivity index is 1.61. The van der Waals surface area contributed by atoms with Crippen LogP contribution in [0.25, 0.3) is 0 Å². The number of hydrogen-bond acceptors (Lipinski definition) is 4. The maximum atomic E-state index is 12.2. The van der Waals surface area contributed by atoms with Gasteiger partial charge in [0.05, 0.1) is 6.54 Å². The van der Waals surface area contributed by atoms with E-state index in [-0.39, 0.29) is 11.8 Å². The Labute approximate surface area is 142 Å². The molecular formula is C17H27N3O2S. The van der Waals surface area contributed by atoms with Crippen LogP contribution >= 0.6 is 11.3 Å². The van der Waals surface area contributed by atoms with Crippen LogP contribution in [0.4, 0.5) is 0 Å². The molecule has 23 heavy (non-hydrogen) atoms. The highest BCUT2D eigenvalue weighted by molar-refractivity contribution is 7.09. The Hall–Kier alpha value is -1.40. The van der Waals surface area contributed by atoms with Gasteiger partial charge in [0.25, 0.3) is 0 Å². The molecule has 0 unspecified atom stereocenters. The minimum Gasteiger partial charge on any atom is -0.355 e. The van der Waals surface area contributed by atoms with Crippen molar-refractivity contribution in [2.24, 2.45) is 0 Å². The van der Waals surface area contributed by atoms with E-state index < -0.39 is 0 Å². The number of nitrogens with one attached hydrogen (secondary N) is 1. The highest BCUT2D eigenvalue weighted by atomic mass is 32.1. The van der Waals surface area contributed by atoms with E-state index >= 15 is 0 Å². The summed E-state index contributed by atoms with van der Waals surface area (Å²) in [7, 11) is 0. The summed E-state index contributed by atoms with van der Waals surface area (Å²) in [4.78, 5) is 29.3. The van der Waals surface area contributed by atoms with Gasteiger partial charge in [0, 0.05) is 44.0 Å². The Bertz CT molecular complexity index is 482. The molecule has 0 atom stereocenters. The van der Waals surface area contributed by atoms with Crippen molar-refractivity contribution in [3.63, 3.8) is 0 Å². The summed E-state index contributed by atoms with van der Waals surface area (Å²) >= 11 is 1.75. The quantitative estimate of drug-likeness (QED) is 0.786. The Kier molecular flexibility index (Phi) is 7.55. The molecule has 6 heteroatoms. The Morgan fingerprint density at radius 2 is 2.04 bits per heavy atom. The fourth-order valence-electron chi connectivity index (χ4n) is 2.71. The standard InChI is InChI=1S/C17H27N3O2S/c1-2-8-18-16(21)14-19-9-11-20(12-10-19)17(22)7-3-5-15-6-4-13-23-15/h4,6,13H,2-3,5,7-12,14H2,1H3,(H,18,21). The maximum Gasteiger partial charge on any atom is 0.234 e. The number of carbonyl (C=O) groups excluding carboxylic acids is 2. The summed E-state index contributed by atoms with van der Waals surface area (Å²) in [6.45, 7) is 6.27. The summed E-state index contributed by atoms with van der Waals surface area (Å²) in [5.41, 5.74) is 0. The van der Waals surface area contributed by atoms with Gasteiger partial charge in [-0.1, -0.05) is 13.0 Å². The van der Waals surface area contributed by atoms with Crippen molar-refractivity contribution < 1.29 is 9.59 Å². The fraction of sp³-hybridized carbons (Fsp3) is 0.647. The minimum absolute atomic E-state index is 0.0857. The molecule has 1 fully saturated rings. The van der Waals surface area contributed by atoms with Crippen LogP contribution in [0.1, 0.15) is 31.1 Å². The van der Waals surface area contributed by atoms with Crippen molar-refractivity contribution in [1.82, 2.24) is 15.1 Å². The van der Waals surface area contributed by atoms with Gasteiger partial charge in [-0.25, -0.2) is 0 Å². The molecule has 5 nitrogen and oxygen atoms in total. The second-order valence-corrected chi connectivity index (χ2v) is 6.97. The van der Waals surface area contributed by atoms with Gasteiger partial charge in [-0.15, -0.1) is 11.3 Å². The molecule has 0 bridgehead atoms. The van der Waals surface area contributed by atoms with Gasteiger partial charge in [-0.05, 0) is 30.7 Å². The van der Waals surface area contributed by atoms with E-state index in [4.69, 9.17) is 0 Å². The monoisotopic (exact) mass is 337 g/mol. The fourth-order valence-corrected chi connectivity index (χ4v) is 3.46. The van der Waals surface area contributed by atoms with Crippen molar-refractivity contribution in [2.45, 2.75) is 32.6 Å². The molecule has 0 aliphatic carbocycles. The molecule has 2 amide bonds. The van der Waals surface area contributed by atoms with Crippen LogP contribution in [0, 0.1) is 0 Å². The van der Waals surface area contributed by atoms with Crippen molar-refractivity contribution in [2.75, 3.05) is 39.3 Å². The lowest BCUT2D eigenvalue weighted by molar-refractivity contribution is -0.133. The summed E-state index contributed by atoms with van der Waals surface area (Å²) in [6, 6.07) is 4.18. The van der Waals surface area contributed by atoms with E-state index in [0.717, 1.165) is 52.0 Å². The molecule has 1 aromatic rings. The van der Waals surface area contributed by atoms with Gasteiger partial charge in [0.15, 0.2) is 0 Å². The highest BCUT2D eigenvalue weighted by Gasteiger charge is 2.21. The van der Waals surface area contributed by atoms with Crippen LogP contribution < -0.4 is 5.32 Å². The van der Waals surface area contributed by atoms with Gasteiger partial charge >= 0.3 is 0 Å². The van der Waals surface area contributed by atoms with Gasteiger partial charge in [0.1, 0.15) is 0 Å². The van der Waals surface area contributed by atoms with E-state index in [9.17, 15) is 9.59 Å². The number of amides is 2. The molecule has 1 aromatic heterocycles. The van der Waals surface area contributed by atoms with Gasteiger partial charge in [-0.2, -0.15) is 0 Å². The van der Waals surface area contributed by atoms with Crippen LogP contribution in [0.3, 0.4) is 0 Å². The molecule has 0 saturated carbocycles. The molecule has 1 N–H and O–H groups in total. The third kappa shape index (κ3) is 6.31. The van der Waals surface area contributed by atoms with Gasteiger partial charge in [-0.3, -0.25) is 14.5 Å². The summed E-state index contributed by atoms with van der Waals surface area (Å²) in [6.07, 6.45) is 3.48. The minimum atomic E-state index is 0.0857. The predicted molar refractivity (Wildman–Crippen MR) is 93.6 cm³/mol. The average molecular weight is 337 g/mol. The van der Waals surface area contributed by atoms with E-state index in [2.05, 4.69) is 27.7 Å². The molecule has 128 valence electrons. The molecule has 0 radical (unpaired) electrons. The zero-order valence-corrected chi connectivity index (χ0v) is 14.7. The first-order valence-corrected chi connectivity index (χ1v) is 9.36. The predicted octanol–water partition coefficient (Wildman–Crippen LogP) is 1.74. The lowest BCUT2D eigenvalue weighted by atomic mass is 10.2. The van der Waals surface area contributed by atoms with Crippen molar-refractivity contribution in [1.29, 1.82) is 0 Å². The molecule has 2 rings (SSSR count). The third-order valence-electron chi connectivity index (χ3n) is 4.06. The molecular weight excluding hydrogens is 310 g/mol. The van der Waals surface area contributed by atoms with E-state index in [1.54, 1.807) is 11.3 Å². The van der Waals surface area contributed by atoms with Crippen LogP contribution in [-0.2, 0) is 16.0 Å². The Morgan fingerprint density at radius 3 is 2.70 bits per heavy atom. The second-order valence-electron chi connectivity index (χ2n) is 5.94. The molecule has 0 spiro atoms. The first-order chi connectivity index (χ1) is 11.2. The zero-order chi connectivity index (χ0) is 16.5. The molecule has 2 heterocycles. The molecule has 0 aromatic carbocycles.